The first-order valence-corrected chi connectivity index (χ1v) is 6.36. The van der Waals surface area contributed by atoms with E-state index in [4.69, 9.17) is 0 Å². The van der Waals surface area contributed by atoms with Crippen LogP contribution < -0.4 is 0 Å². The summed E-state index contributed by atoms with van der Waals surface area (Å²) in [6, 6.07) is 9.63. The van der Waals surface area contributed by atoms with Crippen molar-refractivity contribution in [3.05, 3.63) is 72.4 Å². The molecule has 0 aliphatic heterocycles. The van der Waals surface area contributed by atoms with Crippen LogP contribution in [0.3, 0.4) is 0 Å². The number of hydrogen-bond donors (Lipinski definition) is 1. The number of aliphatic hydroxyl groups is 1. The smallest absolute Gasteiger partial charge is 0.111 e. The number of allylic oxidation sites excluding steroid dienone is 3. The Morgan fingerprint density at radius 1 is 1.22 bits per heavy atom. The van der Waals surface area contributed by atoms with Crippen molar-refractivity contribution in [1.82, 2.24) is 0 Å². The third-order valence-electron chi connectivity index (χ3n) is 2.62. The van der Waals surface area contributed by atoms with Crippen molar-refractivity contribution < 1.29 is 5.11 Å². The van der Waals surface area contributed by atoms with Gasteiger partial charge < -0.3 is 5.11 Å². The zero-order valence-corrected chi connectivity index (χ0v) is 11.9. The molecule has 1 heteroatoms. The normalized spacial score (nSPS) is 14.6. The molecule has 0 radical (unpaired) electrons. The maximum absolute atomic E-state index is 10.5. The number of rotatable bonds is 4. The van der Waals surface area contributed by atoms with Crippen molar-refractivity contribution in [2.24, 2.45) is 0 Å². The van der Waals surface area contributed by atoms with E-state index in [0.29, 0.717) is 0 Å². The van der Waals surface area contributed by atoms with Crippen molar-refractivity contribution >= 4 is 0 Å². The highest BCUT2D eigenvalue weighted by Crippen LogP contribution is 2.29. The van der Waals surface area contributed by atoms with Gasteiger partial charge in [-0.05, 0) is 25.0 Å². The first-order valence-electron chi connectivity index (χ1n) is 6.36. The SMILES string of the molecule is C=C/C=C\C(=C/C)C(C)(O)c1ccccc1.CC. The highest BCUT2D eigenvalue weighted by atomic mass is 16.3. The third-order valence-corrected chi connectivity index (χ3v) is 2.62. The van der Waals surface area contributed by atoms with Crippen molar-refractivity contribution in [2.75, 3.05) is 0 Å². The summed E-state index contributed by atoms with van der Waals surface area (Å²) in [5.74, 6) is 0. The molecule has 0 aliphatic carbocycles. The Balaban J connectivity index is 0.00000137. The fraction of sp³-hybridized carbons (Fsp3) is 0.294. The monoisotopic (exact) mass is 244 g/mol. The third kappa shape index (κ3) is 4.34. The molecule has 0 saturated heterocycles. The van der Waals surface area contributed by atoms with Crippen LogP contribution in [0.5, 0.6) is 0 Å². The van der Waals surface area contributed by atoms with Gasteiger partial charge in [-0.1, -0.05) is 75.1 Å². The van der Waals surface area contributed by atoms with Crippen LogP contribution >= 0.6 is 0 Å². The standard InChI is InChI=1S/C15H18O.C2H6/c1-4-6-10-13(5-2)15(3,16)14-11-8-7-9-12-14;1-2/h4-12,16H,1H2,2-3H3;1-2H3/b10-6-,13-5+;. The van der Waals surface area contributed by atoms with Gasteiger partial charge in [-0.25, -0.2) is 0 Å². The molecule has 1 nitrogen and oxygen atoms in total. The molecule has 1 aromatic carbocycles. The molecule has 0 heterocycles. The lowest BCUT2D eigenvalue weighted by Gasteiger charge is -2.25. The Kier molecular flexibility index (Phi) is 7.73. The summed E-state index contributed by atoms with van der Waals surface area (Å²) in [6.07, 6.45) is 7.31. The van der Waals surface area contributed by atoms with E-state index in [-0.39, 0.29) is 0 Å². The molecule has 0 bridgehead atoms. The fourth-order valence-electron chi connectivity index (χ4n) is 1.64. The predicted molar refractivity (Wildman–Crippen MR) is 80.5 cm³/mol. The molecule has 0 aromatic heterocycles. The molecule has 0 amide bonds. The van der Waals surface area contributed by atoms with Gasteiger partial charge >= 0.3 is 0 Å². The average Bonchev–Trinajstić information content (AvgIpc) is 2.42. The van der Waals surface area contributed by atoms with Gasteiger partial charge in [-0.3, -0.25) is 0 Å². The van der Waals surface area contributed by atoms with Crippen molar-refractivity contribution in [3.8, 4) is 0 Å². The first-order chi connectivity index (χ1) is 8.62. The van der Waals surface area contributed by atoms with E-state index in [1.165, 1.54) is 0 Å². The second-order valence-corrected chi connectivity index (χ2v) is 3.78. The van der Waals surface area contributed by atoms with E-state index in [9.17, 15) is 5.11 Å². The summed E-state index contributed by atoms with van der Waals surface area (Å²) < 4.78 is 0. The van der Waals surface area contributed by atoms with E-state index >= 15 is 0 Å². The van der Waals surface area contributed by atoms with Gasteiger partial charge in [0.05, 0.1) is 0 Å². The Morgan fingerprint density at radius 3 is 2.22 bits per heavy atom. The number of benzene rings is 1. The van der Waals surface area contributed by atoms with E-state index in [1.807, 2.05) is 69.3 Å². The molecular weight excluding hydrogens is 220 g/mol. The molecule has 1 unspecified atom stereocenters. The minimum Gasteiger partial charge on any atom is -0.381 e. The molecule has 1 aromatic rings. The summed E-state index contributed by atoms with van der Waals surface area (Å²) in [7, 11) is 0. The second kappa shape index (κ2) is 8.48. The van der Waals surface area contributed by atoms with Crippen LogP contribution in [-0.2, 0) is 5.60 Å². The van der Waals surface area contributed by atoms with Crippen LogP contribution in [0, 0.1) is 0 Å². The maximum Gasteiger partial charge on any atom is 0.111 e. The van der Waals surface area contributed by atoms with E-state index in [0.717, 1.165) is 11.1 Å². The molecule has 1 rings (SSSR count). The van der Waals surface area contributed by atoms with Crippen molar-refractivity contribution in [1.29, 1.82) is 0 Å². The van der Waals surface area contributed by atoms with Crippen LogP contribution in [0.2, 0.25) is 0 Å². The van der Waals surface area contributed by atoms with Crippen LogP contribution in [0.25, 0.3) is 0 Å². The minimum atomic E-state index is -0.963. The molecule has 0 spiro atoms. The summed E-state index contributed by atoms with van der Waals surface area (Å²) in [6.45, 7) is 11.3. The highest BCUT2D eigenvalue weighted by Gasteiger charge is 2.25. The van der Waals surface area contributed by atoms with Crippen LogP contribution in [0.4, 0.5) is 0 Å². The quantitative estimate of drug-likeness (QED) is 0.767. The summed E-state index contributed by atoms with van der Waals surface area (Å²) >= 11 is 0. The summed E-state index contributed by atoms with van der Waals surface area (Å²) in [5.41, 5.74) is 0.783. The van der Waals surface area contributed by atoms with Crippen molar-refractivity contribution in [2.45, 2.75) is 33.3 Å². The average molecular weight is 244 g/mol. The topological polar surface area (TPSA) is 20.2 Å². The number of hydrogen-bond acceptors (Lipinski definition) is 1. The summed E-state index contributed by atoms with van der Waals surface area (Å²) in [4.78, 5) is 0. The Morgan fingerprint density at radius 2 is 1.78 bits per heavy atom. The van der Waals surface area contributed by atoms with Crippen LogP contribution in [0.1, 0.15) is 33.3 Å². The van der Waals surface area contributed by atoms with Gasteiger partial charge in [-0.2, -0.15) is 0 Å². The zero-order valence-electron chi connectivity index (χ0n) is 11.9. The lowest BCUT2D eigenvalue weighted by Crippen LogP contribution is -2.23. The van der Waals surface area contributed by atoms with Gasteiger partial charge in [0, 0.05) is 0 Å². The molecule has 0 fully saturated rings. The molecule has 1 atom stereocenters. The Bertz CT molecular complexity index is 397. The molecule has 0 saturated carbocycles. The lowest BCUT2D eigenvalue weighted by molar-refractivity contribution is 0.101. The first kappa shape index (κ1) is 16.4. The fourth-order valence-corrected chi connectivity index (χ4v) is 1.64. The Labute approximate surface area is 111 Å². The van der Waals surface area contributed by atoms with Gasteiger partial charge in [0.15, 0.2) is 0 Å². The zero-order chi connectivity index (χ0) is 14.0. The molecular formula is C17H24O. The molecule has 18 heavy (non-hydrogen) atoms. The van der Waals surface area contributed by atoms with Crippen LogP contribution in [0.15, 0.2) is 66.8 Å². The molecule has 1 N–H and O–H groups in total. The Hall–Kier alpha value is -1.60. The highest BCUT2D eigenvalue weighted by molar-refractivity contribution is 5.38. The minimum absolute atomic E-state index is 0.860. The van der Waals surface area contributed by atoms with Gasteiger partial charge in [0.2, 0.25) is 0 Å². The van der Waals surface area contributed by atoms with E-state index in [2.05, 4.69) is 6.58 Å². The van der Waals surface area contributed by atoms with Crippen LogP contribution in [-0.4, -0.2) is 5.11 Å². The summed E-state index contributed by atoms with van der Waals surface area (Å²) in [5, 5.41) is 10.5. The molecule has 0 aliphatic rings. The van der Waals surface area contributed by atoms with Gasteiger partial charge in [0.25, 0.3) is 0 Å². The maximum atomic E-state index is 10.5. The van der Waals surface area contributed by atoms with Gasteiger partial charge in [-0.15, -0.1) is 0 Å². The predicted octanol–water partition coefficient (Wildman–Crippen LogP) is 4.61. The lowest BCUT2D eigenvalue weighted by atomic mass is 9.87. The van der Waals surface area contributed by atoms with E-state index < -0.39 is 5.60 Å². The second-order valence-electron chi connectivity index (χ2n) is 3.78. The largest absolute Gasteiger partial charge is 0.381 e. The van der Waals surface area contributed by atoms with E-state index in [1.54, 1.807) is 13.0 Å². The van der Waals surface area contributed by atoms with Gasteiger partial charge in [0.1, 0.15) is 5.60 Å². The van der Waals surface area contributed by atoms with Crippen molar-refractivity contribution in [3.63, 3.8) is 0 Å². The molecule has 98 valence electrons.